The molecule has 0 aliphatic rings. The van der Waals surface area contributed by atoms with Gasteiger partial charge in [-0.3, -0.25) is 0 Å². The molecule has 18 heavy (non-hydrogen) atoms. The van der Waals surface area contributed by atoms with Crippen molar-refractivity contribution >= 4 is 0 Å². The fourth-order valence-electron chi connectivity index (χ4n) is 1.76. The van der Waals surface area contributed by atoms with Crippen LogP contribution in [0.1, 0.15) is 19.4 Å². The summed E-state index contributed by atoms with van der Waals surface area (Å²) in [6.45, 7) is 4.89. The number of ether oxygens (including phenoxy) is 3. The molecule has 0 fully saturated rings. The number of methoxy groups -OCH3 is 2. The average molecular weight is 253 g/mol. The summed E-state index contributed by atoms with van der Waals surface area (Å²) in [6, 6.07) is 3.94. The van der Waals surface area contributed by atoms with Crippen LogP contribution in [-0.4, -0.2) is 33.9 Å². The SMILES string of the molecule is CNCCc1ccc(OC)c(OC)c1OC(C)C. The van der Waals surface area contributed by atoms with E-state index >= 15 is 0 Å². The highest BCUT2D eigenvalue weighted by molar-refractivity contribution is 5.56. The van der Waals surface area contributed by atoms with E-state index in [1.165, 1.54) is 0 Å². The normalized spacial score (nSPS) is 10.6. The third-order valence-corrected chi connectivity index (χ3v) is 2.58. The van der Waals surface area contributed by atoms with E-state index in [4.69, 9.17) is 14.2 Å². The van der Waals surface area contributed by atoms with Crippen molar-refractivity contribution in [1.29, 1.82) is 0 Å². The first-order chi connectivity index (χ1) is 8.63. The minimum Gasteiger partial charge on any atom is -0.493 e. The van der Waals surface area contributed by atoms with Crippen molar-refractivity contribution in [3.8, 4) is 17.2 Å². The third kappa shape index (κ3) is 3.53. The van der Waals surface area contributed by atoms with Crippen LogP contribution in [-0.2, 0) is 6.42 Å². The molecule has 0 aromatic heterocycles. The number of hydrogen-bond donors (Lipinski definition) is 1. The van der Waals surface area contributed by atoms with Crippen LogP contribution in [0, 0.1) is 0 Å². The Kier molecular flexibility index (Phi) is 5.78. The second kappa shape index (κ2) is 7.11. The molecule has 0 unspecified atom stereocenters. The summed E-state index contributed by atoms with van der Waals surface area (Å²) >= 11 is 0. The lowest BCUT2D eigenvalue weighted by atomic mass is 10.1. The lowest BCUT2D eigenvalue weighted by Gasteiger charge is -2.19. The molecule has 0 spiro atoms. The van der Waals surface area contributed by atoms with Gasteiger partial charge in [0.25, 0.3) is 0 Å². The highest BCUT2D eigenvalue weighted by Crippen LogP contribution is 2.40. The number of likely N-dealkylation sites (N-methyl/N-ethyl adjacent to an activating group) is 1. The van der Waals surface area contributed by atoms with Gasteiger partial charge in [-0.05, 0) is 45.5 Å². The molecule has 0 bridgehead atoms. The van der Waals surface area contributed by atoms with Gasteiger partial charge in [-0.2, -0.15) is 0 Å². The maximum absolute atomic E-state index is 5.87. The van der Waals surface area contributed by atoms with Crippen LogP contribution in [0.25, 0.3) is 0 Å². The molecule has 102 valence electrons. The molecule has 1 rings (SSSR count). The van der Waals surface area contributed by atoms with Gasteiger partial charge >= 0.3 is 0 Å². The van der Waals surface area contributed by atoms with Gasteiger partial charge in [0.15, 0.2) is 11.5 Å². The first-order valence-corrected chi connectivity index (χ1v) is 6.19. The molecule has 0 amide bonds. The third-order valence-electron chi connectivity index (χ3n) is 2.58. The van der Waals surface area contributed by atoms with Crippen molar-refractivity contribution in [3.63, 3.8) is 0 Å². The number of benzene rings is 1. The first-order valence-electron chi connectivity index (χ1n) is 6.19. The van der Waals surface area contributed by atoms with Gasteiger partial charge in [-0.15, -0.1) is 0 Å². The Morgan fingerprint density at radius 3 is 2.33 bits per heavy atom. The summed E-state index contributed by atoms with van der Waals surface area (Å²) in [4.78, 5) is 0. The fourth-order valence-corrected chi connectivity index (χ4v) is 1.76. The molecule has 0 aliphatic carbocycles. The lowest BCUT2D eigenvalue weighted by Crippen LogP contribution is -2.14. The number of rotatable bonds is 7. The van der Waals surface area contributed by atoms with Crippen LogP contribution < -0.4 is 19.5 Å². The van der Waals surface area contributed by atoms with Crippen LogP contribution in [0.5, 0.6) is 17.2 Å². The summed E-state index contributed by atoms with van der Waals surface area (Å²) in [5.74, 6) is 2.14. The van der Waals surface area contributed by atoms with Crippen molar-refractivity contribution in [2.24, 2.45) is 0 Å². The molecule has 0 saturated carbocycles. The Labute approximate surface area is 109 Å². The van der Waals surface area contributed by atoms with E-state index in [9.17, 15) is 0 Å². The number of hydrogen-bond acceptors (Lipinski definition) is 4. The van der Waals surface area contributed by atoms with E-state index in [0.29, 0.717) is 11.5 Å². The van der Waals surface area contributed by atoms with E-state index in [0.717, 1.165) is 24.3 Å². The van der Waals surface area contributed by atoms with Gasteiger partial charge in [0.05, 0.1) is 20.3 Å². The van der Waals surface area contributed by atoms with Gasteiger partial charge < -0.3 is 19.5 Å². The van der Waals surface area contributed by atoms with E-state index < -0.39 is 0 Å². The Morgan fingerprint density at radius 1 is 1.11 bits per heavy atom. The highest BCUT2D eigenvalue weighted by Gasteiger charge is 2.17. The van der Waals surface area contributed by atoms with E-state index in [-0.39, 0.29) is 6.10 Å². The quantitative estimate of drug-likeness (QED) is 0.809. The van der Waals surface area contributed by atoms with E-state index in [2.05, 4.69) is 5.32 Å². The van der Waals surface area contributed by atoms with Crippen molar-refractivity contribution in [1.82, 2.24) is 5.32 Å². The topological polar surface area (TPSA) is 39.7 Å². The summed E-state index contributed by atoms with van der Waals surface area (Å²) in [7, 11) is 5.20. The van der Waals surface area contributed by atoms with Crippen LogP contribution in [0.2, 0.25) is 0 Å². The molecular formula is C14H23NO3. The van der Waals surface area contributed by atoms with Gasteiger partial charge in [-0.1, -0.05) is 6.07 Å². The maximum atomic E-state index is 5.87. The Hall–Kier alpha value is -1.42. The molecule has 1 aromatic carbocycles. The van der Waals surface area contributed by atoms with Crippen LogP contribution in [0.4, 0.5) is 0 Å². The zero-order valence-electron chi connectivity index (χ0n) is 11.9. The smallest absolute Gasteiger partial charge is 0.203 e. The molecule has 1 aromatic rings. The molecular weight excluding hydrogens is 230 g/mol. The molecule has 0 heterocycles. The molecule has 0 radical (unpaired) electrons. The van der Waals surface area contributed by atoms with Crippen molar-refractivity contribution in [2.75, 3.05) is 27.8 Å². The largest absolute Gasteiger partial charge is 0.493 e. The minimum atomic E-state index is 0.0966. The summed E-state index contributed by atoms with van der Waals surface area (Å²) in [5.41, 5.74) is 1.12. The zero-order chi connectivity index (χ0) is 13.5. The molecule has 4 heteroatoms. The van der Waals surface area contributed by atoms with E-state index in [1.54, 1.807) is 14.2 Å². The Bertz CT molecular complexity index is 378. The van der Waals surface area contributed by atoms with Gasteiger partial charge in [0, 0.05) is 0 Å². The van der Waals surface area contributed by atoms with Crippen molar-refractivity contribution in [2.45, 2.75) is 26.4 Å². The van der Waals surface area contributed by atoms with Crippen LogP contribution in [0.15, 0.2) is 12.1 Å². The fraction of sp³-hybridized carbons (Fsp3) is 0.571. The molecule has 4 nitrogen and oxygen atoms in total. The number of nitrogens with one attached hydrogen (secondary N) is 1. The highest BCUT2D eigenvalue weighted by atomic mass is 16.5. The monoisotopic (exact) mass is 253 g/mol. The standard InChI is InChI=1S/C14H23NO3/c1-10(2)18-13-11(8-9-15-3)6-7-12(16-4)14(13)17-5/h6-7,10,15H,8-9H2,1-5H3. The zero-order valence-corrected chi connectivity index (χ0v) is 11.9. The molecule has 0 atom stereocenters. The van der Waals surface area contributed by atoms with Crippen LogP contribution >= 0.6 is 0 Å². The first kappa shape index (κ1) is 14.6. The average Bonchev–Trinajstić information content (AvgIpc) is 2.36. The maximum Gasteiger partial charge on any atom is 0.203 e. The lowest BCUT2D eigenvalue weighted by molar-refractivity contribution is 0.224. The Morgan fingerprint density at radius 2 is 1.83 bits per heavy atom. The molecule has 0 aliphatic heterocycles. The van der Waals surface area contributed by atoms with Gasteiger partial charge in [0.2, 0.25) is 5.75 Å². The van der Waals surface area contributed by atoms with Gasteiger partial charge in [-0.25, -0.2) is 0 Å². The van der Waals surface area contributed by atoms with Crippen molar-refractivity contribution in [3.05, 3.63) is 17.7 Å². The second-order valence-electron chi connectivity index (χ2n) is 4.31. The predicted molar refractivity (Wildman–Crippen MR) is 72.9 cm³/mol. The summed E-state index contributed by atoms with van der Waals surface area (Å²) in [6.07, 6.45) is 0.984. The van der Waals surface area contributed by atoms with Gasteiger partial charge in [0.1, 0.15) is 0 Å². The van der Waals surface area contributed by atoms with Crippen molar-refractivity contribution < 1.29 is 14.2 Å². The second-order valence-corrected chi connectivity index (χ2v) is 4.31. The summed E-state index contributed by atoms with van der Waals surface area (Å²) in [5, 5.41) is 3.14. The van der Waals surface area contributed by atoms with Crippen LogP contribution in [0.3, 0.4) is 0 Å². The molecule has 1 N–H and O–H groups in total. The predicted octanol–water partition coefficient (Wildman–Crippen LogP) is 2.25. The Balaban J connectivity index is 3.16. The van der Waals surface area contributed by atoms with E-state index in [1.807, 2.05) is 33.0 Å². The minimum absolute atomic E-state index is 0.0966. The molecule has 0 saturated heterocycles. The summed E-state index contributed by atoms with van der Waals surface area (Å²) < 4.78 is 16.6.